The van der Waals surface area contributed by atoms with Crippen LogP contribution in [0.5, 0.6) is 5.75 Å². The van der Waals surface area contributed by atoms with Crippen LogP contribution in [0.1, 0.15) is 17.2 Å². The first-order valence-corrected chi connectivity index (χ1v) is 11.4. The molecule has 3 heterocycles. The Labute approximate surface area is 205 Å². The lowest BCUT2D eigenvalue weighted by Gasteiger charge is -2.28. The lowest BCUT2D eigenvalue weighted by atomic mass is 9.94. The van der Waals surface area contributed by atoms with Gasteiger partial charge in [-0.1, -0.05) is 30.3 Å². The monoisotopic (exact) mass is 484 g/mol. The third kappa shape index (κ3) is 3.31. The van der Waals surface area contributed by atoms with Crippen molar-refractivity contribution in [2.75, 3.05) is 30.0 Å². The van der Waals surface area contributed by atoms with Crippen molar-refractivity contribution in [1.82, 2.24) is 9.97 Å². The van der Waals surface area contributed by atoms with Crippen molar-refractivity contribution >= 4 is 40.1 Å². The number of aromatic amines is 1. The van der Waals surface area contributed by atoms with Crippen LogP contribution in [0.3, 0.4) is 0 Å². The minimum absolute atomic E-state index is 0.0668. The van der Waals surface area contributed by atoms with Gasteiger partial charge in [-0.2, -0.15) is 0 Å². The molecule has 36 heavy (non-hydrogen) atoms. The molecule has 0 radical (unpaired) electrons. The predicted molar refractivity (Wildman–Crippen MR) is 132 cm³/mol. The van der Waals surface area contributed by atoms with Gasteiger partial charge in [0.1, 0.15) is 30.0 Å². The Bertz CT molecular complexity index is 1540. The standard InChI is InChI=1S/C27H21FN4O4/c1-31-12-13-36-21-11-10-15(14-20(21)31)24(33)22-23(16-6-2-3-7-17(16)28)32(26(35)25(22)34)27-29-18-8-4-5-9-19(18)30-27/h2-11,14,23,33H,12-13H2,1H3,(H,29,30)/b24-22+. The van der Waals surface area contributed by atoms with E-state index in [1.54, 1.807) is 42.5 Å². The second kappa shape index (κ2) is 8.23. The number of nitrogens with zero attached hydrogens (tertiary/aromatic N) is 3. The first-order chi connectivity index (χ1) is 17.4. The second-order valence-electron chi connectivity index (χ2n) is 8.72. The summed E-state index contributed by atoms with van der Waals surface area (Å²) in [6, 6.07) is 16.8. The highest BCUT2D eigenvalue weighted by Crippen LogP contribution is 2.43. The molecule has 2 aliphatic rings. The first-order valence-electron chi connectivity index (χ1n) is 11.4. The molecule has 1 saturated heterocycles. The van der Waals surface area contributed by atoms with E-state index >= 15 is 4.39 Å². The number of halogens is 1. The number of aliphatic hydroxyl groups excluding tert-OH is 1. The van der Waals surface area contributed by atoms with Crippen molar-refractivity contribution in [3.8, 4) is 5.75 Å². The Kier molecular flexibility index (Phi) is 4.99. The van der Waals surface area contributed by atoms with Gasteiger partial charge in [-0.3, -0.25) is 14.5 Å². The van der Waals surface area contributed by atoms with E-state index in [1.165, 1.54) is 18.2 Å². The fourth-order valence-corrected chi connectivity index (χ4v) is 4.75. The number of nitrogens with one attached hydrogen (secondary N) is 1. The van der Waals surface area contributed by atoms with E-state index in [0.29, 0.717) is 35.5 Å². The van der Waals surface area contributed by atoms with E-state index in [-0.39, 0.29) is 17.1 Å². The van der Waals surface area contributed by atoms with Gasteiger partial charge >= 0.3 is 5.91 Å². The molecule has 0 bridgehead atoms. The van der Waals surface area contributed by atoms with Gasteiger partial charge in [0.05, 0.1) is 28.8 Å². The summed E-state index contributed by atoms with van der Waals surface area (Å²) in [5, 5.41) is 11.4. The Morgan fingerprint density at radius 3 is 2.69 bits per heavy atom. The van der Waals surface area contributed by atoms with Crippen molar-refractivity contribution in [3.05, 3.63) is 89.2 Å². The number of para-hydroxylation sites is 2. The van der Waals surface area contributed by atoms with Gasteiger partial charge in [-0.25, -0.2) is 9.37 Å². The maximum absolute atomic E-state index is 15.1. The van der Waals surface area contributed by atoms with Gasteiger partial charge in [-0.05, 0) is 36.4 Å². The topological polar surface area (TPSA) is 98.8 Å². The molecule has 1 fully saturated rings. The second-order valence-corrected chi connectivity index (χ2v) is 8.72. The first kappa shape index (κ1) is 21.8. The number of aromatic nitrogens is 2. The van der Waals surface area contributed by atoms with Gasteiger partial charge < -0.3 is 19.7 Å². The third-order valence-electron chi connectivity index (χ3n) is 6.58. The summed E-state index contributed by atoms with van der Waals surface area (Å²) in [7, 11) is 1.89. The van der Waals surface area contributed by atoms with Crippen LogP contribution in [0.15, 0.2) is 72.3 Å². The maximum Gasteiger partial charge on any atom is 0.302 e. The lowest BCUT2D eigenvalue weighted by Crippen LogP contribution is -2.30. The quantitative estimate of drug-likeness (QED) is 0.258. The molecule has 0 aliphatic carbocycles. The molecule has 9 heteroatoms. The molecular formula is C27H21FN4O4. The van der Waals surface area contributed by atoms with Crippen molar-refractivity contribution in [2.45, 2.75) is 6.04 Å². The van der Waals surface area contributed by atoms with Crippen LogP contribution >= 0.6 is 0 Å². The minimum Gasteiger partial charge on any atom is -0.507 e. The number of hydrogen-bond donors (Lipinski definition) is 2. The average molecular weight is 484 g/mol. The van der Waals surface area contributed by atoms with Crippen LogP contribution in [0.25, 0.3) is 16.8 Å². The highest BCUT2D eigenvalue weighted by molar-refractivity contribution is 6.51. The molecule has 6 rings (SSSR count). The van der Waals surface area contributed by atoms with Crippen LogP contribution in [-0.4, -0.2) is 47.0 Å². The van der Waals surface area contributed by atoms with Crippen LogP contribution in [-0.2, 0) is 9.59 Å². The Morgan fingerprint density at radius 2 is 1.89 bits per heavy atom. The number of ketones is 1. The predicted octanol–water partition coefficient (Wildman–Crippen LogP) is 4.16. The molecule has 0 spiro atoms. The molecule has 180 valence electrons. The van der Waals surface area contributed by atoms with Crippen molar-refractivity contribution < 1.29 is 23.8 Å². The summed E-state index contributed by atoms with van der Waals surface area (Å²) in [5.74, 6) is -2.12. The number of hydrogen-bond acceptors (Lipinski definition) is 6. The molecular weight excluding hydrogens is 463 g/mol. The number of amides is 1. The van der Waals surface area contributed by atoms with Crippen LogP contribution in [0, 0.1) is 5.82 Å². The summed E-state index contributed by atoms with van der Waals surface area (Å²) in [4.78, 5) is 37.3. The molecule has 0 saturated carbocycles. The number of carbonyl (C=O) groups is 2. The number of aliphatic hydroxyl groups is 1. The SMILES string of the molecule is CN1CCOc2ccc(/C(O)=C3\C(=O)C(=O)N(c4nc5ccccc5[nH]4)C3c3ccccc3F)cc21. The van der Waals surface area contributed by atoms with Gasteiger partial charge in [0, 0.05) is 18.2 Å². The zero-order chi connectivity index (χ0) is 25.0. The highest BCUT2D eigenvalue weighted by atomic mass is 19.1. The fourth-order valence-electron chi connectivity index (χ4n) is 4.75. The summed E-state index contributed by atoms with van der Waals surface area (Å²) < 4.78 is 20.8. The van der Waals surface area contributed by atoms with E-state index in [2.05, 4.69) is 9.97 Å². The number of benzene rings is 3. The Balaban J connectivity index is 1.56. The summed E-state index contributed by atoms with van der Waals surface area (Å²) >= 11 is 0. The van der Waals surface area contributed by atoms with Crippen LogP contribution < -0.4 is 14.5 Å². The van der Waals surface area contributed by atoms with Gasteiger partial charge in [0.15, 0.2) is 0 Å². The smallest absolute Gasteiger partial charge is 0.302 e. The largest absolute Gasteiger partial charge is 0.507 e. The number of imidazole rings is 1. The highest BCUT2D eigenvalue weighted by Gasteiger charge is 2.49. The average Bonchev–Trinajstić information content (AvgIpc) is 3.42. The zero-order valence-corrected chi connectivity index (χ0v) is 19.2. The molecule has 1 aromatic heterocycles. The Morgan fingerprint density at radius 1 is 1.11 bits per heavy atom. The fraction of sp³-hybridized carbons (Fsp3) is 0.148. The normalized spacial score (nSPS) is 19.0. The van der Waals surface area contributed by atoms with Crippen molar-refractivity contribution in [2.24, 2.45) is 0 Å². The minimum atomic E-state index is -1.23. The van der Waals surface area contributed by atoms with E-state index < -0.39 is 29.3 Å². The zero-order valence-electron chi connectivity index (χ0n) is 19.2. The number of fused-ring (bicyclic) bond motifs is 2. The molecule has 1 unspecified atom stereocenters. The molecule has 4 aromatic rings. The van der Waals surface area contributed by atoms with E-state index in [0.717, 1.165) is 10.6 Å². The lowest BCUT2D eigenvalue weighted by molar-refractivity contribution is -0.132. The number of Topliss-reactive ketones (excluding diaryl/α,β-unsaturated/α-hetero) is 1. The van der Waals surface area contributed by atoms with Crippen LogP contribution in [0.2, 0.25) is 0 Å². The summed E-state index contributed by atoms with van der Waals surface area (Å²) in [6.45, 7) is 1.19. The molecule has 2 aliphatic heterocycles. The molecule has 2 N–H and O–H groups in total. The van der Waals surface area contributed by atoms with Gasteiger partial charge in [-0.15, -0.1) is 0 Å². The molecule has 3 aromatic carbocycles. The van der Waals surface area contributed by atoms with Crippen LogP contribution in [0.4, 0.5) is 16.0 Å². The van der Waals surface area contributed by atoms with Crippen molar-refractivity contribution in [3.63, 3.8) is 0 Å². The summed E-state index contributed by atoms with van der Waals surface area (Å²) in [5.41, 5.74) is 2.13. The number of carbonyl (C=O) groups excluding carboxylic acids is 2. The molecule has 8 nitrogen and oxygen atoms in total. The molecule has 1 amide bonds. The number of rotatable bonds is 3. The van der Waals surface area contributed by atoms with Crippen molar-refractivity contribution in [1.29, 1.82) is 0 Å². The number of likely N-dealkylation sites (N-methyl/N-ethyl adjacent to an activating group) is 1. The van der Waals surface area contributed by atoms with E-state index in [1.807, 2.05) is 18.0 Å². The number of H-pyrrole nitrogens is 1. The third-order valence-corrected chi connectivity index (χ3v) is 6.58. The van der Waals surface area contributed by atoms with Gasteiger partial charge in [0.25, 0.3) is 5.78 Å². The summed E-state index contributed by atoms with van der Waals surface area (Å²) in [6.07, 6.45) is 0. The Hall–Kier alpha value is -4.66. The number of ether oxygens (including phenoxy) is 1. The van der Waals surface area contributed by atoms with E-state index in [4.69, 9.17) is 4.74 Å². The van der Waals surface area contributed by atoms with Gasteiger partial charge in [0.2, 0.25) is 5.95 Å². The van der Waals surface area contributed by atoms with E-state index in [9.17, 15) is 14.7 Å². The maximum atomic E-state index is 15.1. The number of anilines is 2. The molecule has 1 atom stereocenters.